The van der Waals surface area contributed by atoms with Gasteiger partial charge in [0, 0.05) is 31.6 Å². The van der Waals surface area contributed by atoms with Crippen molar-refractivity contribution in [3.05, 3.63) is 0 Å². The molecule has 5 nitrogen and oxygen atoms in total. The summed E-state index contributed by atoms with van der Waals surface area (Å²) in [6.07, 6.45) is 14.1. The maximum atomic E-state index is 12.4. The van der Waals surface area contributed by atoms with E-state index >= 15 is 0 Å². The Labute approximate surface area is 157 Å². The van der Waals surface area contributed by atoms with E-state index in [1.165, 1.54) is 57.8 Å². The fraction of sp³-hybridized carbons (Fsp3) is 0.905. The molecule has 0 atom stereocenters. The number of amides is 3. The molecule has 5 rings (SSSR count). The molecule has 4 aliphatic carbocycles. The van der Waals surface area contributed by atoms with Crippen molar-refractivity contribution in [1.29, 1.82) is 0 Å². The zero-order chi connectivity index (χ0) is 18.0. The van der Waals surface area contributed by atoms with Gasteiger partial charge in [-0.1, -0.05) is 19.3 Å². The van der Waals surface area contributed by atoms with Crippen LogP contribution in [0.3, 0.4) is 0 Å². The second kappa shape index (κ2) is 7.77. The average molecular weight is 362 g/mol. The summed E-state index contributed by atoms with van der Waals surface area (Å²) < 4.78 is 0. The highest BCUT2D eigenvalue weighted by Gasteiger charge is 2.51. The molecule has 2 N–H and O–H groups in total. The first-order valence-corrected chi connectivity index (χ1v) is 11.0. The Kier molecular flexibility index (Phi) is 5.42. The van der Waals surface area contributed by atoms with E-state index in [-0.39, 0.29) is 17.5 Å². The zero-order valence-electron chi connectivity index (χ0n) is 16.1. The first kappa shape index (κ1) is 18.1. The van der Waals surface area contributed by atoms with Crippen molar-refractivity contribution < 1.29 is 9.59 Å². The van der Waals surface area contributed by atoms with Crippen LogP contribution < -0.4 is 10.6 Å². The molecule has 1 saturated heterocycles. The predicted octanol–water partition coefficient (Wildman–Crippen LogP) is 3.44. The van der Waals surface area contributed by atoms with Crippen LogP contribution in [-0.4, -0.2) is 42.0 Å². The summed E-state index contributed by atoms with van der Waals surface area (Å²) in [6, 6.07) is -0.0626. The van der Waals surface area contributed by atoms with Crippen LogP contribution in [0.25, 0.3) is 0 Å². The van der Waals surface area contributed by atoms with Gasteiger partial charge in [0.15, 0.2) is 0 Å². The lowest BCUT2D eigenvalue weighted by molar-refractivity contribution is -0.131. The molecule has 0 aromatic heterocycles. The lowest BCUT2D eigenvalue weighted by Crippen LogP contribution is -2.61. The minimum atomic E-state index is -0.0626. The van der Waals surface area contributed by atoms with Gasteiger partial charge in [-0.15, -0.1) is 0 Å². The summed E-state index contributed by atoms with van der Waals surface area (Å²) in [5, 5.41) is 6.28. The van der Waals surface area contributed by atoms with Gasteiger partial charge in [0.25, 0.3) is 0 Å². The van der Waals surface area contributed by atoms with E-state index < -0.39 is 0 Å². The van der Waals surface area contributed by atoms with Crippen LogP contribution >= 0.6 is 0 Å². The summed E-state index contributed by atoms with van der Waals surface area (Å²) in [4.78, 5) is 26.8. The van der Waals surface area contributed by atoms with Crippen molar-refractivity contribution in [3.8, 4) is 0 Å². The maximum absolute atomic E-state index is 12.4. The van der Waals surface area contributed by atoms with Crippen molar-refractivity contribution in [2.45, 2.75) is 82.6 Å². The third-order valence-electron chi connectivity index (χ3n) is 7.25. The van der Waals surface area contributed by atoms with Gasteiger partial charge in [-0.2, -0.15) is 0 Å². The SMILES string of the molecule is O=C(NCCC(=O)N1CCCCCCC1)NC12CC3CC(CC(C3)C1)C2. The number of carbonyl (C=O) groups is 2. The molecular formula is C21H35N3O2. The highest BCUT2D eigenvalue weighted by atomic mass is 16.2. The Balaban J connectivity index is 1.20. The highest BCUT2D eigenvalue weighted by molar-refractivity contribution is 5.78. The molecule has 1 heterocycles. The Hall–Kier alpha value is -1.26. The molecule has 0 radical (unpaired) electrons. The molecule has 5 aliphatic rings. The van der Waals surface area contributed by atoms with Crippen molar-refractivity contribution in [2.24, 2.45) is 17.8 Å². The predicted molar refractivity (Wildman–Crippen MR) is 102 cm³/mol. The molecule has 3 amide bonds. The van der Waals surface area contributed by atoms with Crippen LogP contribution in [0.5, 0.6) is 0 Å². The number of nitrogens with one attached hydrogen (secondary N) is 2. The molecule has 5 heteroatoms. The van der Waals surface area contributed by atoms with Gasteiger partial charge in [-0.05, 0) is 69.1 Å². The lowest BCUT2D eigenvalue weighted by Gasteiger charge is -2.56. The second-order valence-electron chi connectivity index (χ2n) is 9.48. The molecule has 0 aromatic rings. The van der Waals surface area contributed by atoms with Gasteiger partial charge in [0.2, 0.25) is 5.91 Å². The van der Waals surface area contributed by atoms with Gasteiger partial charge >= 0.3 is 6.03 Å². The first-order chi connectivity index (χ1) is 12.6. The maximum Gasteiger partial charge on any atom is 0.315 e. The fourth-order valence-electron chi connectivity index (χ4n) is 6.49. The third-order valence-corrected chi connectivity index (χ3v) is 7.25. The highest BCUT2D eigenvalue weighted by Crippen LogP contribution is 2.55. The van der Waals surface area contributed by atoms with Gasteiger partial charge < -0.3 is 15.5 Å². The molecule has 0 aromatic carbocycles. The minimum Gasteiger partial charge on any atom is -0.343 e. The second-order valence-corrected chi connectivity index (χ2v) is 9.48. The zero-order valence-corrected chi connectivity index (χ0v) is 16.1. The summed E-state index contributed by atoms with van der Waals surface area (Å²) in [7, 11) is 0. The molecule has 0 unspecified atom stereocenters. The normalized spacial score (nSPS) is 36.3. The fourth-order valence-corrected chi connectivity index (χ4v) is 6.49. The topological polar surface area (TPSA) is 61.4 Å². The molecule has 146 valence electrons. The van der Waals surface area contributed by atoms with E-state index in [4.69, 9.17) is 0 Å². The van der Waals surface area contributed by atoms with E-state index in [2.05, 4.69) is 10.6 Å². The average Bonchev–Trinajstić information content (AvgIpc) is 2.52. The van der Waals surface area contributed by atoms with Crippen molar-refractivity contribution in [3.63, 3.8) is 0 Å². The van der Waals surface area contributed by atoms with E-state index in [0.29, 0.717) is 13.0 Å². The van der Waals surface area contributed by atoms with Crippen molar-refractivity contribution in [1.82, 2.24) is 15.5 Å². The first-order valence-electron chi connectivity index (χ1n) is 11.0. The number of nitrogens with zero attached hydrogens (tertiary/aromatic N) is 1. The Bertz CT molecular complexity index is 490. The lowest BCUT2D eigenvalue weighted by atomic mass is 9.53. The largest absolute Gasteiger partial charge is 0.343 e. The van der Waals surface area contributed by atoms with Crippen molar-refractivity contribution in [2.75, 3.05) is 19.6 Å². The van der Waals surface area contributed by atoms with E-state index in [1.807, 2.05) is 4.90 Å². The van der Waals surface area contributed by atoms with Crippen LogP contribution in [0.1, 0.15) is 77.0 Å². The van der Waals surface area contributed by atoms with Gasteiger partial charge in [0.05, 0.1) is 0 Å². The molecule has 5 fully saturated rings. The quantitative estimate of drug-likeness (QED) is 0.806. The van der Waals surface area contributed by atoms with E-state index in [0.717, 1.165) is 43.7 Å². The van der Waals surface area contributed by atoms with Crippen LogP contribution in [0.15, 0.2) is 0 Å². The van der Waals surface area contributed by atoms with Gasteiger partial charge in [-0.3, -0.25) is 4.79 Å². The smallest absolute Gasteiger partial charge is 0.315 e. The molecule has 4 saturated carbocycles. The van der Waals surface area contributed by atoms with Gasteiger partial charge in [-0.25, -0.2) is 4.79 Å². The standard InChI is InChI=1S/C21H35N3O2/c25-19(24-8-4-2-1-3-5-9-24)6-7-22-20(26)23-21-13-16-10-17(14-21)12-18(11-16)15-21/h16-18H,1-15H2,(H2,22,23,26). The van der Waals surface area contributed by atoms with Crippen LogP contribution in [0.4, 0.5) is 4.79 Å². The Morgan fingerprint density at radius 1 is 0.846 bits per heavy atom. The van der Waals surface area contributed by atoms with Crippen LogP contribution in [-0.2, 0) is 4.79 Å². The number of carbonyl (C=O) groups excluding carboxylic acids is 2. The van der Waals surface area contributed by atoms with E-state index in [9.17, 15) is 9.59 Å². The van der Waals surface area contributed by atoms with Crippen LogP contribution in [0.2, 0.25) is 0 Å². The monoisotopic (exact) mass is 361 g/mol. The summed E-state index contributed by atoms with van der Waals surface area (Å²) in [5.41, 5.74) is 0.0475. The molecular weight excluding hydrogens is 326 g/mol. The number of hydrogen-bond acceptors (Lipinski definition) is 2. The molecule has 0 spiro atoms. The number of hydrogen-bond donors (Lipinski definition) is 2. The number of rotatable bonds is 4. The third kappa shape index (κ3) is 4.17. The number of urea groups is 1. The molecule has 1 aliphatic heterocycles. The van der Waals surface area contributed by atoms with Crippen LogP contribution in [0, 0.1) is 17.8 Å². The molecule has 4 bridgehead atoms. The van der Waals surface area contributed by atoms with E-state index in [1.54, 1.807) is 0 Å². The van der Waals surface area contributed by atoms with Crippen molar-refractivity contribution >= 4 is 11.9 Å². The van der Waals surface area contributed by atoms with Gasteiger partial charge in [0.1, 0.15) is 0 Å². The Morgan fingerprint density at radius 3 is 1.96 bits per heavy atom. The number of likely N-dealkylation sites (tertiary alicyclic amines) is 1. The molecule has 26 heavy (non-hydrogen) atoms. The minimum absolute atomic E-state index is 0.0475. The Morgan fingerprint density at radius 2 is 1.38 bits per heavy atom. The summed E-state index contributed by atoms with van der Waals surface area (Å²) in [5.74, 6) is 2.68. The summed E-state index contributed by atoms with van der Waals surface area (Å²) in [6.45, 7) is 2.23. The summed E-state index contributed by atoms with van der Waals surface area (Å²) >= 11 is 0.